The van der Waals surface area contributed by atoms with Gasteiger partial charge in [-0.25, -0.2) is 4.39 Å². The Morgan fingerprint density at radius 3 is 2.39 bits per heavy atom. The lowest BCUT2D eigenvalue weighted by molar-refractivity contribution is 0.308. The van der Waals surface area contributed by atoms with Crippen molar-refractivity contribution in [2.24, 2.45) is 0 Å². The molecule has 1 unspecified atom stereocenters. The van der Waals surface area contributed by atoms with Crippen LogP contribution in [0.5, 0.6) is 11.5 Å². The fourth-order valence-electron chi connectivity index (χ4n) is 4.38. The molecule has 0 aliphatic carbocycles. The molecule has 0 amide bonds. The summed E-state index contributed by atoms with van der Waals surface area (Å²) >= 11 is 3.40. The van der Waals surface area contributed by atoms with E-state index in [2.05, 4.69) is 58.1 Å². The van der Waals surface area contributed by atoms with Gasteiger partial charge in [0.25, 0.3) is 0 Å². The zero-order valence-corrected chi connectivity index (χ0v) is 20.7. The van der Waals surface area contributed by atoms with E-state index in [1.165, 1.54) is 16.7 Å². The summed E-state index contributed by atoms with van der Waals surface area (Å²) in [6.07, 6.45) is 3.99. The highest BCUT2D eigenvalue weighted by Gasteiger charge is 2.28. The molecule has 4 rings (SSSR count). The third-order valence-electron chi connectivity index (χ3n) is 6.09. The highest BCUT2D eigenvalue weighted by atomic mass is 79.9. The van der Waals surface area contributed by atoms with Crippen molar-refractivity contribution in [3.63, 3.8) is 0 Å². The van der Waals surface area contributed by atoms with Gasteiger partial charge in [-0.2, -0.15) is 0 Å². The van der Waals surface area contributed by atoms with E-state index in [1.807, 2.05) is 24.3 Å². The molecule has 174 valence electrons. The average Bonchev–Trinajstić information content (AvgIpc) is 2.84. The van der Waals surface area contributed by atoms with Crippen molar-refractivity contribution >= 4 is 21.6 Å². The molecule has 1 aliphatic rings. The summed E-state index contributed by atoms with van der Waals surface area (Å²) in [7, 11) is 0. The number of fused-ring (bicyclic) bond motifs is 1. The first-order valence-corrected chi connectivity index (χ1v) is 12.9. The highest BCUT2D eigenvalue weighted by Crippen LogP contribution is 2.37. The zero-order valence-electron chi connectivity index (χ0n) is 19.1. The lowest BCUT2D eigenvalue weighted by atomic mass is 9.88. The SMILES string of the molecule is CCCCOc1ccc2c(c1)CCN(c1ccc(F)cc1)C2Cc1ccc(OCCBr)cc1. The molecule has 0 N–H and O–H groups in total. The van der Waals surface area contributed by atoms with Gasteiger partial charge < -0.3 is 14.4 Å². The van der Waals surface area contributed by atoms with Crippen LogP contribution in [0.3, 0.4) is 0 Å². The van der Waals surface area contributed by atoms with Crippen LogP contribution in [0.15, 0.2) is 66.7 Å². The maximum Gasteiger partial charge on any atom is 0.123 e. The fraction of sp³-hybridized carbons (Fsp3) is 0.357. The summed E-state index contributed by atoms with van der Waals surface area (Å²) in [6, 6.07) is 21.9. The third-order valence-corrected chi connectivity index (χ3v) is 6.42. The van der Waals surface area contributed by atoms with Crippen LogP contribution in [0.1, 0.15) is 42.5 Å². The molecule has 0 fully saturated rings. The van der Waals surface area contributed by atoms with Gasteiger partial charge in [0.15, 0.2) is 0 Å². The molecule has 3 nitrogen and oxygen atoms in total. The monoisotopic (exact) mass is 511 g/mol. The summed E-state index contributed by atoms with van der Waals surface area (Å²) < 4.78 is 25.3. The van der Waals surface area contributed by atoms with E-state index in [4.69, 9.17) is 9.47 Å². The van der Waals surface area contributed by atoms with E-state index in [9.17, 15) is 4.39 Å². The van der Waals surface area contributed by atoms with E-state index < -0.39 is 0 Å². The number of nitrogens with zero attached hydrogens (tertiary/aromatic N) is 1. The largest absolute Gasteiger partial charge is 0.494 e. The lowest BCUT2D eigenvalue weighted by Crippen LogP contribution is -2.36. The zero-order chi connectivity index (χ0) is 23.0. The number of halogens is 2. The first kappa shape index (κ1) is 23.6. The Kier molecular flexibility index (Phi) is 8.27. The number of benzene rings is 3. The Bertz CT molecular complexity index is 1020. The molecule has 1 heterocycles. The molecule has 3 aromatic rings. The van der Waals surface area contributed by atoms with E-state index in [0.29, 0.717) is 6.61 Å². The van der Waals surface area contributed by atoms with Crippen LogP contribution in [0.25, 0.3) is 0 Å². The van der Waals surface area contributed by atoms with Crippen LogP contribution >= 0.6 is 15.9 Å². The number of rotatable bonds is 10. The number of unbranched alkanes of at least 4 members (excludes halogenated alkanes) is 1. The Morgan fingerprint density at radius 1 is 0.939 bits per heavy atom. The molecule has 1 atom stereocenters. The van der Waals surface area contributed by atoms with E-state index >= 15 is 0 Å². The van der Waals surface area contributed by atoms with Crippen LogP contribution in [-0.2, 0) is 12.8 Å². The van der Waals surface area contributed by atoms with Gasteiger partial charge in [-0.05, 0) is 84.5 Å². The van der Waals surface area contributed by atoms with Crippen molar-refractivity contribution in [1.29, 1.82) is 0 Å². The van der Waals surface area contributed by atoms with Gasteiger partial charge in [-0.1, -0.05) is 47.5 Å². The van der Waals surface area contributed by atoms with E-state index in [1.54, 1.807) is 12.1 Å². The first-order valence-electron chi connectivity index (χ1n) is 11.7. The number of alkyl halides is 1. The molecule has 0 saturated carbocycles. The number of ether oxygens (including phenoxy) is 2. The third kappa shape index (κ3) is 6.08. The number of hydrogen-bond acceptors (Lipinski definition) is 3. The molecule has 1 aliphatic heterocycles. The van der Waals surface area contributed by atoms with Gasteiger partial charge in [0.1, 0.15) is 17.3 Å². The first-order chi connectivity index (χ1) is 16.2. The second-order valence-corrected chi connectivity index (χ2v) is 9.18. The second kappa shape index (κ2) is 11.6. The van der Waals surface area contributed by atoms with Crippen LogP contribution in [0, 0.1) is 5.82 Å². The fourth-order valence-corrected chi connectivity index (χ4v) is 4.54. The average molecular weight is 512 g/mol. The smallest absolute Gasteiger partial charge is 0.123 e. The topological polar surface area (TPSA) is 21.7 Å². The van der Waals surface area contributed by atoms with Crippen molar-refractivity contribution in [1.82, 2.24) is 0 Å². The van der Waals surface area contributed by atoms with Crippen LogP contribution in [0.4, 0.5) is 10.1 Å². The maximum absolute atomic E-state index is 13.6. The molecule has 3 aromatic carbocycles. The molecular weight excluding hydrogens is 481 g/mol. The minimum absolute atomic E-state index is 0.165. The Hall–Kier alpha value is -2.53. The summed E-state index contributed by atoms with van der Waals surface area (Å²) in [6.45, 7) is 4.46. The summed E-state index contributed by atoms with van der Waals surface area (Å²) in [5.74, 6) is 1.62. The second-order valence-electron chi connectivity index (χ2n) is 8.38. The summed E-state index contributed by atoms with van der Waals surface area (Å²) in [4.78, 5) is 2.40. The number of hydrogen-bond donors (Lipinski definition) is 0. The van der Waals surface area contributed by atoms with Gasteiger partial charge in [-0.3, -0.25) is 0 Å². The van der Waals surface area contributed by atoms with Crippen molar-refractivity contribution < 1.29 is 13.9 Å². The molecule has 0 saturated heterocycles. The standard InChI is InChI=1S/C28H31BrFNO2/c1-2-3-17-32-26-12-13-27-22(20-26)14-16-31(24-8-6-23(30)7-9-24)28(27)19-21-4-10-25(11-5-21)33-18-15-29/h4-13,20,28H,2-3,14-19H2,1H3. The Balaban J connectivity index is 1.60. The molecule has 0 aromatic heterocycles. The van der Waals surface area contributed by atoms with Gasteiger partial charge in [0.2, 0.25) is 0 Å². The Labute approximate surface area is 204 Å². The molecule has 33 heavy (non-hydrogen) atoms. The molecule has 5 heteroatoms. The van der Waals surface area contributed by atoms with Crippen LogP contribution in [0.2, 0.25) is 0 Å². The highest BCUT2D eigenvalue weighted by molar-refractivity contribution is 9.09. The molecule has 0 spiro atoms. The van der Waals surface area contributed by atoms with Crippen molar-refractivity contribution in [2.45, 2.75) is 38.6 Å². The van der Waals surface area contributed by atoms with E-state index in [0.717, 1.165) is 61.4 Å². The van der Waals surface area contributed by atoms with Gasteiger partial charge in [0, 0.05) is 17.6 Å². The van der Waals surface area contributed by atoms with Crippen molar-refractivity contribution in [2.75, 3.05) is 30.0 Å². The van der Waals surface area contributed by atoms with Gasteiger partial charge in [-0.15, -0.1) is 0 Å². The minimum atomic E-state index is -0.208. The normalized spacial score (nSPS) is 15.2. The van der Waals surface area contributed by atoms with Crippen LogP contribution in [-0.4, -0.2) is 25.1 Å². The quantitative estimate of drug-likeness (QED) is 0.213. The van der Waals surface area contributed by atoms with Crippen molar-refractivity contribution in [3.8, 4) is 11.5 Å². The summed E-state index contributed by atoms with van der Waals surface area (Å²) in [5.41, 5.74) is 4.94. The summed E-state index contributed by atoms with van der Waals surface area (Å²) in [5, 5.41) is 0.810. The van der Waals surface area contributed by atoms with Crippen LogP contribution < -0.4 is 14.4 Å². The number of anilines is 1. The minimum Gasteiger partial charge on any atom is -0.494 e. The molecule has 0 radical (unpaired) electrons. The van der Waals surface area contributed by atoms with Crippen molar-refractivity contribution in [3.05, 3.63) is 89.2 Å². The predicted molar refractivity (Wildman–Crippen MR) is 136 cm³/mol. The molecule has 0 bridgehead atoms. The molecular formula is C28H31BrFNO2. The maximum atomic E-state index is 13.6. The Morgan fingerprint density at radius 2 is 1.67 bits per heavy atom. The van der Waals surface area contributed by atoms with Gasteiger partial charge in [0.05, 0.1) is 19.3 Å². The van der Waals surface area contributed by atoms with E-state index in [-0.39, 0.29) is 11.9 Å². The predicted octanol–water partition coefficient (Wildman–Crippen LogP) is 7.12. The van der Waals surface area contributed by atoms with Gasteiger partial charge >= 0.3 is 0 Å². The lowest BCUT2D eigenvalue weighted by Gasteiger charge is -2.39.